The van der Waals surface area contributed by atoms with Gasteiger partial charge in [0.2, 0.25) is 5.82 Å². The zero-order valence-electron chi connectivity index (χ0n) is 10.5. The Morgan fingerprint density at radius 2 is 2.15 bits per heavy atom. The number of anilines is 1. The first-order valence-corrected chi connectivity index (χ1v) is 5.79. The van der Waals surface area contributed by atoms with Crippen LogP contribution in [0.2, 0.25) is 0 Å². The van der Waals surface area contributed by atoms with Crippen molar-refractivity contribution in [2.75, 3.05) is 11.9 Å². The maximum absolute atomic E-state index is 13.5. The highest BCUT2D eigenvalue weighted by Crippen LogP contribution is 2.34. The van der Waals surface area contributed by atoms with Gasteiger partial charge in [-0.05, 0) is 19.1 Å². The molecule has 104 valence electrons. The fraction of sp³-hybridized carbons (Fsp3) is 0.167. The van der Waals surface area contributed by atoms with Crippen LogP contribution in [0.5, 0.6) is 11.6 Å². The maximum Gasteiger partial charge on any atom is 0.373 e. The lowest BCUT2D eigenvalue weighted by molar-refractivity contribution is -0.385. The summed E-state index contributed by atoms with van der Waals surface area (Å²) >= 11 is 0. The summed E-state index contributed by atoms with van der Waals surface area (Å²) in [5, 5.41) is 13.8. The van der Waals surface area contributed by atoms with Gasteiger partial charge in [0.1, 0.15) is 6.33 Å². The number of hydrogen-bond acceptors (Lipinski definition) is 6. The number of nitro groups is 1. The minimum absolute atomic E-state index is 0.0267. The number of benzene rings is 1. The van der Waals surface area contributed by atoms with Crippen molar-refractivity contribution < 1.29 is 14.1 Å². The number of hydrogen-bond donors (Lipinski definition) is 1. The van der Waals surface area contributed by atoms with Crippen molar-refractivity contribution in [3.8, 4) is 11.6 Å². The van der Waals surface area contributed by atoms with Crippen molar-refractivity contribution in [3.05, 3.63) is 46.5 Å². The van der Waals surface area contributed by atoms with Crippen LogP contribution in [0.3, 0.4) is 0 Å². The molecule has 1 aromatic carbocycles. The van der Waals surface area contributed by atoms with Gasteiger partial charge in [0.15, 0.2) is 11.6 Å². The van der Waals surface area contributed by atoms with Gasteiger partial charge in [0, 0.05) is 6.54 Å². The van der Waals surface area contributed by atoms with Crippen LogP contribution in [-0.2, 0) is 0 Å². The fourth-order valence-corrected chi connectivity index (χ4v) is 1.53. The molecule has 0 saturated heterocycles. The molecule has 7 nitrogen and oxygen atoms in total. The highest BCUT2D eigenvalue weighted by molar-refractivity contribution is 5.61. The summed E-state index contributed by atoms with van der Waals surface area (Å²) in [5.74, 6) is -1.06. The highest BCUT2D eigenvalue weighted by Gasteiger charge is 2.25. The van der Waals surface area contributed by atoms with Crippen LogP contribution in [0.15, 0.2) is 30.6 Å². The quantitative estimate of drug-likeness (QED) is 0.668. The third-order valence-electron chi connectivity index (χ3n) is 2.36. The van der Waals surface area contributed by atoms with Crippen LogP contribution in [0.1, 0.15) is 6.92 Å². The Bertz CT molecular complexity index is 636. The molecule has 1 N–H and O–H groups in total. The van der Waals surface area contributed by atoms with Gasteiger partial charge < -0.3 is 10.1 Å². The van der Waals surface area contributed by atoms with E-state index < -0.39 is 16.4 Å². The molecule has 0 saturated carbocycles. The lowest BCUT2D eigenvalue weighted by Crippen LogP contribution is -2.06. The van der Waals surface area contributed by atoms with E-state index in [1.807, 2.05) is 0 Å². The van der Waals surface area contributed by atoms with Crippen LogP contribution in [0, 0.1) is 15.9 Å². The molecule has 2 rings (SSSR count). The lowest BCUT2D eigenvalue weighted by Gasteiger charge is -2.08. The van der Waals surface area contributed by atoms with E-state index in [4.69, 9.17) is 4.74 Å². The molecule has 0 amide bonds. The number of ether oxygens (including phenoxy) is 1. The van der Waals surface area contributed by atoms with Crippen LogP contribution in [0.25, 0.3) is 0 Å². The molecule has 20 heavy (non-hydrogen) atoms. The van der Waals surface area contributed by atoms with Gasteiger partial charge in [-0.25, -0.2) is 9.37 Å². The SMILES string of the molecule is CCNc1ncnc(Oc2ccccc2F)c1[N+](=O)[O-]. The predicted molar refractivity (Wildman–Crippen MR) is 69.3 cm³/mol. The molecule has 0 fully saturated rings. The molecule has 0 atom stereocenters. The van der Waals surface area contributed by atoms with Gasteiger partial charge >= 0.3 is 11.6 Å². The highest BCUT2D eigenvalue weighted by atomic mass is 19.1. The molecule has 0 radical (unpaired) electrons. The molecule has 1 aromatic heterocycles. The molecule has 0 aliphatic carbocycles. The first-order valence-electron chi connectivity index (χ1n) is 5.79. The third kappa shape index (κ3) is 2.79. The van der Waals surface area contributed by atoms with E-state index in [2.05, 4.69) is 15.3 Å². The molecular formula is C12H11FN4O3. The second-order valence-electron chi connectivity index (χ2n) is 3.70. The molecule has 8 heteroatoms. The molecule has 0 spiro atoms. The molecule has 0 aliphatic rings. The van der Waals surface area contributed by atoms with Crippen molar-refractivity contribution in [1.29, 1.82) is 0 Å². The van der Waals surface area contributed by atoms with Crippen LogP contribution >= 0.6 is 0 Å². The first-order chi connectivity index (χ1) is 9.63. The van der Waals surface area contributed by atoms with Gasteiger partial charge in [0.25, 0.3) is 0 Å². The Morgan fingerprint density at radius 3 is 2.80 bits per heavy atom. The average molecular weight is 278 g/mol. The summed E-state index contributed by atoms with van der Waals surface area (Å²) in [6.07, 6.45) is 1.11. The van der Waals surface area contributed by atoms with Gasteiger partial charge in [-0.3, -0.25) is 10.1 Å². The summed E-state index contributed by atoms with van der Waals surface area (Å²) in [4.78, 5) is 17.9. The number of nitrogens with zero attached hydrogens (tertiary/aromatic N) is 3. The van der Waals surface area contributed by atoms with E-state index in [1.54, 1.807) is 13.0 Å². The topological polar surface area (TPSA) is 90.2 Å². The maximum atomic E-state index is 13.5. The number of para-hydroxylation sites is 1. The average Bonchev–Trinajstić information content (AvgIpc) is 2.41. The molecule has 0 unspecified atom stereocenters. The standard InChI is InChI=1S/C12H11FN4O3/c1-2-14-11-10(17(18)19)12(16-7-15-11)20-9-6-4-3-5-8(9)13/h3-7H,2H2,1H3,(H,14,15,16). The Hall–Kier alpha value is -2.77. The third-order valence-corrected chi connectivity index (χ3v) is 2.36. The minimum atomic E-state index is -0.672. The van der Waals surface area contributed by atoms with E-state index in [-0.39, 0.29) is 17.4 Å². The monoisotopic (exact) mass is 278 g/mol. The zero-order chi connectivity index (χ0) is 14.5. The smallest absolute Gasteiger partial charge is 0.373 e. The summed E-state index contributed by atoms with van der Waals surface area (Å²) in [7, 11) is 0. The van der Waals surface area contributed by atoms with Crippen LogP contribution < -0.4 is 10.1 Å². The second kappa shape index (κ2) is 5.91. The van der Waals surface area contributed by atoms with Crippen LogP contribution in [0.4, 0.5) is 15.9 Å². The molecular weight excluding hydrogens is 267 g/mol. The number of halogens is 1. The number of rotatable bonds is 5. The minimum Gasteiger partial charge on any atom is -0.430 e. The van der Waals surface area contributed by atoms with Crippen LogP contribution in [-0.4, -0.2) is 21.4 Å². The Morgan fingerprint density at radius 1 is 1.40 bits per heavy atom. The molecule has 0 aliphatic heterocycles. The van der Waals surface area contributed by atoms with Gasteiger partial charge in [-0.2, -0.15) is 4.98 Å². The molecule has 2 aromatic rings. The van der Waals surface area contributed by atoms with Crippen molar-refractivity contribution in [3.63, 3.8) is 0 Å². The Kier molecular flexibility index (Phi) is 4.04. The Labute approximate surface area is 113 Å². The van der Waals surface area contributed by atoms with Crippen molar-refractivity contribution >= 4 is 11.5 Å². The van der Waals surface area contributed by atoms with Gasteiger partial charge in [0.05, 0.1) is 4.92 Å². The van der Waals surface area contributed by atoms with E-state index >= 15 is 0 Å². The van der Waals surface area contributed by atoms with E-state index in [9.17, 15) is 14.5 Å². The summed E-state index contributed by atoms with van der Waals surface area (Å²) in [6, 6.07) is 5.58. The predicted octanol–water partition coefficient (Wildman–Crippen LogP) is 2.75. The first kappa shape index (κ1) is 13.7. The van der Waals surface area contributed by atoms with Crippen molar-refractivity contribution in [1.82, 2.24) is 9.97 Å². The Balaban J connectivity index is 2.44. The number of aromatic nitrogens is 2. The number of nitrogens with one attached hydrogen (secondary N) is 1. The zero-order valence-corrected chi connectivity index (χ0v) is 10.5. The largest absolute Gasteiger partial charge is 0.430 e. The van der Waals surface area contributed by atoms with E-state index in [0.717, 1.165) is 6.33 Å². The summed E-state index contributed by atoms with van der Waals surface area (Å²) in [6.45, 7) is 2.21. The lowest BCUT2D eigenvalue weighted by atomic mass is 10.3. The normalized spacial score (nSPS) is 10.1. The van der Waals surface area contributed by atoms with E-state index in [1.165, 1.54) is 18.2 Å². The van der Waals surface area contributed by atoms with Crippen molar-refractivity contribution in [2.45, 2.75) is 6.92 Å². The van der Waals surface area contributed by atoms with Gasteiger partial charge in [-0.15, -0.1) is 0 Å². The van der Waals surface area contributed by atoms with Crippen molar-refractivity contribution in [2.24, 2.45) is 0 Å². The fourth-order valence-electron chi connectivity index (χ4n) is 1.53. The second-order valence-corrected chi connectivity index (χ2v) is 3.70. The molecule has 1 heterocycles. The molecule has 0 bridgehead atoms. The summed E-state index contributed by atoms with van der Waals surface area (Å²) in [5.41, 5.74) is -0.433. The summed E-state index contributed by atoms with van der Waals surface area (Å²) < 4.78 is 18.7. The van der Waals surface area contributed by atoms with E-state index in [0.29, 0.717) is 6.54 Å². The van der Waals surface area contributed by atoms with Gasteiger partial charge in [-0.1, -0.05) is 12.1 Å².